The van der Waals surface area contributed by atoms with Gasteiger partial charge in [0, 0.05) is 21.7 Å². The molecule has 0 saturated carbocycles. The van der Waals surface area contributed by atoms with Crippen LogP contribution in [0.15, 0.2) is 184 Å². The van der Waals surface area contributed by atoms with Gasteiger partial charge >= 0.3 is 0 Å². The first-order chi connectivity index (χ1) is 25.2. The van der Waals surface area contributed by atoms with Gasteiger partial charge in [0.05, 0.1) is 17.5 Å². The van der Waals surface area contributed by atoms with Crippen molar-refractivity contribution in [1.82, 2.24) is 4.98 Å². The van der Waals surface area contributed by atoms with Gasteiger partial charge in [-0.25, -0.2) is 4.98 Å². The standard InChI is InChI=1S/C46H29N4O/c1-3-12-29(13-4-1)30-22-24-32(25-23-30)45-48-44(31-14-5-2-6-15-31)49-46(50-45)36-19-11-18-35(26-36)42-43-41(37-20-9-10-21-40(37)51-43)38-27-33-16-7-8-17-34(33)28-39(38)47-42/h1-28,45H/q-1. The molecule has 0 spiro atoms. The van der Waals surface area contributed by atoms with Crippen LogP contribution in [-0.2, 0) is 0 Å². The summed E-state index contributed by atoms with van der Waals surface area (Å²) in [6.07, 6.45) is -0.449. The molecule has 10 rings (SSSR count). The van der Waals surface area contributed by atoms with Crippen LogP contribution in [0.5, 0.6) is 0 Å². The monoisotopic (exact) mass is 653 g/mol. The fraction of sp³-hybridized carbons (Fsp3) is 0.0217. The first kappa shape index (κ1) is 29.1. The quantitative estimate of drug-likeness (QED) is 0.174. The summed E-state index contributed by atoms with van der Waals surface area (Å²) in [6.45, 7) is 0. The van der Waals surface area contributed by atoms with E-state index in [1.807, 2.05) is 54.6 Å². The highest BCUT2D eigenvalue weighted by Crippen LogP contribution is 2.41. The number of furan rings is 1. The molecule has 7 aromatic carbocycles. The van der Waals surface area contributed by atoms with E-state index < -0.39 is 6.17 Å². The Morgan fingerprint density at radius 3 is 1.96 bits per heavy atom. The maximum atomic E-state index is 6.60. The lowest BCUT2D eigenvalue weighted by molar-refractivity contribution is 0.669. The summed E-state index contributed by atoms with van der Waals surface area (Å²) in [5.41, 5.74) is 9.38. The average Bonchev–Trinajstić information content (AvgIpc) is 3.60. The molecule has 240 valence electrons. The van der Waals surface area contributed by atoms with E-state index >= 15 is 0 Å². The SMILES string of the molecule is c1ccc(C2=NC(c3ccc(-c4ccccc4)cc3)[N-]C(c3cccc(-c4nc5cc6ccccc6cc5c5c4oc4ccccc45)c3)=N2)cc1. The van der Waals surface area contributed by atoms with Crippen molar-refractivity contribution in [2.45, 2.75) is 6.17 Å². The van der Waals surface area contributed by atoms with Crippen molar-refractivity contribution >= 4 is 55.3 Å². The van der Waals surface area contributed by atoms with Gasteiger partial charge < -0.3 is 14.7 Å². The lowest BCUT2D eigenvalue weighted by atomic mass is 9.99. The van der Waals surface area contributed by atoms with Crippen molar-refractivity contribution in [3.05, 3.63) is 192 Å². The number of hydrogen-bond acceptors (Lipinski definition) is 4. The summed E-state index contributed by atoms with van der Waals surface area (Å²) < 4.78 is 6.60. The van der Waals surface area contributed by atoms with Gasteiger partial charge in [-0.3, -0.25) is 4.99 Å². The van der Waals surface area contributed by atoms with Crippen LogP contribution in [0.4, 0.5) is 0 Å². The van der Waals surface area contributed by atoms with Crippen molar-refractivity contribution in [3.8, 4) is 22.4 Å². The highest BCUT2D eigenvalue weighted by Gasteiger charge is 2.19. The summed E-state index contributed by atoms with van der Waals surface area (Å²) in [4.78, 5) is 15.4. The summed E-state index contributed by atoms with van der Waals surface area (Å²) in [5.74, 6) is 1.27. The van der Waals surface area contributed by atoms with Gasteiger partial charge in [-0.15, -0.1) is 0 Å². The van der Waals surface area contributed by atoms with Crippen LogP contribution in [-0.4, -0.2) is 16.7 Å². The lowest BCUT2D eigenvalue weighted by Crippen LogP contribution is -2.16. The molecular weight excluding hydrogens is 625 g/mol. The Balaban J connectivity index is 1.10. The van der Waals surface area contributed by atoms with Crippen LogP contribution < -0.4 is 0 Å². The average molecular weight is 654 g/mol. The smallest absolute Gasteiger partial charge is 0.162 e. The second-order valence-corrected chi connectivity index (χ2v) is 12.8. The largest absolute Gasteiger partial charge is 0.454 e. The zero-order valence-corrected chi connectivity index (χ0v) is 27.4. The Labute approximate surface area is 294 Å². The molecule has 0 saturated heterocycles. The minimum Gasteiger partial charge on any atom is -0.454 e. The molecule has 5 nitrogen and oxygen atoms in total. The molecule has 0 fully saturated rings. The van der Waals surface area contributed by atoms with Crippen LogP contribution in [0.1, 0.15) is 22.9 Å². The number of aromatic nitrogens is 1. The number of pyridine rings is 1. The number of rotatable bonds is 5. The van der Waals surface area contributed by atoms with E-state index in [0.29, 0.717) is 11.7 Å². The number of amidine groups is 2. The number of para-hydroxylation sites is 1. The molecule has 5 heteroatoms. The van der Waals surface area contributed by atoms with Crippen LogP contribution in [0.3, 0.4) is 0 Å². The van der Waals surface area contributed by atoms with Crippen LogP contribution >= 0.6 is 0 Å². The van der Waals surface area contributed by atoms with Gasteiger partial charge in [-0.05, 0) is 62.9 Å². The summed E-state index contributed by atoms with van der Waals surface area (Å²) in [7, 11) is 0. The maximum absolute atomic E-state index is 6.60. The van der Waals surface area contributed by atoms with Gasteiger partial charge in [-0.1, -0.05) is 151 Å². The molecule has 0 radical (unpaired) electrons. The van der Waals surface area contributed by atoms with E-state index in [1.54, 1.807) is 0 Å². The summed E-state index contributed by atoms with van der Waals surface area (Å²) in [6, 6.07) is 58.3. The minimum atomic E-state index is -0.449. The Morgan fingerprint density at radius 1 is 0.510 bits per heavy atom. The fourth-order valence-electron chi connectivity index (χ4n) is 7.08. The third kappa shape index (κ3) is 5.15. The second-order valence-electron chi connectivity index (χ2n) is 12.8. The maximum Gasteiger partial charge on any atom is 0.162 e. The molecule has 1 atom stereocenters. The zero-order valence-electron chi connectivity index (χ0n) is 27.4. The minimum absolute atomic E-state index is 0.449. The van der Waals surface area contributed by atoms with Crippen LogP contribution in [0, 0.1) is 0 Å². The van der Waals surface area contributed by atoms with Gasteiger partial charge in [0.1, 0.15) is 11.3 Å². The molecule has 9 aromatic rings. The predicted octanol–water partition coefficient (Wildman–Crippen LogP) is 11.9. The molecule has 3 heterocycles. The number of aliphatic imine (C=N–C) groups is 2. The fourth-order valence-corrected chi connectivity index (χ4v) is 7.08. The van der Waals surface area contributed by atoms with E-state index in [-0.39, 0.29) is 0 Å². The van der Waals surface area contributed by atoms with E-state index in [1.165, 1.54) is 10.9 Å². The molecule has 1 unspecified atom stereocenters. The van der Waals surface area contributed by atoms with Gasteiger partial charge in [-0.2, -0.15) is 0 Å². The number of fused-ring (bicyclic) bond motifs is 6. The summed E-state index contributed by atoms with van der Waals surface area (Å²) in [5, 5.41) is 10.7. The van der Waals surface area contributed by atoms with Crippen LogP contribution in [0.25, 0.3) is 71.3 Å². The van der Waals surface area contributed by atoms with E-state index in [9.17, 15) is 0 Å². The Kier molecular flexibility index (Phi) is 6.81. The van der Waals surface area contributed by atoms with Crippen molar-refractivity contribution in [1.29, 1.82) is 0 Å². The molecule has 0 aliphatic carbocycles. The molecule has 0 bridgehead atoms. The highest BCUT2D eigenvalue weighted by atomic mass is 16.3. The zero-order chi connectivity index (χ0) is 33.7. The summed E-state index contributed by atoms with van der Waals surface area (Å²) >= 11 is 0. The second kappa shape index (κ2) is 11.9. The van der Waals surface area contributed by atoms with E-state index in [2.05, 4.69) is 115 Å². The van der Waals surface area contributed by atoms with Crippen molar-refractivity contribution in [3.63, 3.8) is 0 Å². The number of benzene rings is 7. The van der Waals surface area contributed by atoms with E-state index in [0.717, 1.165) is 71.7 Å². The predicted molar refractivity (Wildman–Crippen MR) is 209 cm³/mol. The van der Waals surface area contributed by atoms with E-state index in [4.69, 9.17) is 24.7 Å². The van der Waals surface area contributed by atoms with Crippen molar-refractivity contribution < 1.29 is 4.42 Å². The Hall–Kier alpha value is -6.85. The normalized spacial score (nSPS) is 14.5. The molecular formula is C46H29N4O-. The first-order valence-corrected chi connectivity index (χ1v) is 17.1. The van der Waals surface area contributed by atoms with Crippen LogP contribution in [0.2, 0.25) is 0 Å². The molecule has 0 amide bonds. The molecule has 0 N–H and O–H groups in total. The Morgan fingerprint density at radius 2 is 1.16 bits per heavy atom. The highest BCUT2D eigenvalue weighted by molar-refractivity contribution is 6.23. The van der Waals surface area contributed by atoms with Crippen molar-refractivity contribution in [2.75, 3.05) is 0 Å². The van der Waals surface area contributed by atoms with Gasteiger partial charge in [0.15, 0.2) is 5.58 Å². The van der Waals surface area contributed by atoms with Gasteiger partial charge in [0.2, 0.25) is 0 Å². The lowest BCUT2D eigenvalue weighted by Gasteiger charge is -2.32. The molecule has 1 aliphatic rings. The third-order valence-corrected chi connectivity index (χ3v) is 9.62. The molecule has 1 aliphatic heterocycles. The Bertz CT molecular complexity index is 2820. The number of hydrogen-bond donors (Lipinski definition) is 0. The molecule has 51 heavy (non-hydrogen) atoms. The number of nitrogens with zero attached hydrogens (tertiary/aromatic N) is 4. The van der Waals surface area contributed by atoms with Gasteiger partial charge in [0.25, 0.3) is 0 Å². The molecule has 2 aromatic heterocycles. The first-order valence-electron chi connectivity index (χ1n) is 17.1. The van der Waals surface area contributed by atoms with Crippen molar-refractivity contribution in [2.24, 2.45) is 9.98 Å². The third-order valence-electron chi connectivity index (χ3n) is 9.62. The topological polar surface area (TPSA) is 64.8 Å².